The second-order valence-electron chi connectivity index (χ2n) is 8.72. The number of amides is 2. The summed E-state index contributed by atoms with van der Waals surface area (Å²) in [6.07, 6.45) is 5.51. The first-order valence-corrected chi connectivity index (χ1v) is 13.7. The smallest absolute Gasteiger partial charge is 0.243 e. The van der Waals surface area contributed by atoms with E-state index < -0.39 is 15.9 Å². The summed E-state index contributed by atoms with van der Waals surface area (Å²) < 4.78 is 27.3. The average Bonchev–Trinajstić information content (AvgIpc) is 3.07. The summed E-state index contributed by atoms with van der Waals surface area (Å²) in [5, 5.41) is 2.76. The number of benzene rings is 2. The molecule has 2 aromatic rings. The van der Waals surface area contributed by atoms with Crippen molar-refractivity contribution in [3.63, 3.8) is 0 Å². The largest absolute Gasteiger partial charge is 0.325 e. The number of anilines is 2. The lowest BCUT2D eigenvalue weighted by Crippen LogP contribution is -2.42. The van der Waals surface area contributed by atoms with E-state index in [2.05, 4.69) is 5.32 Å². The summed E-state index contributed by atoms with van der Waals surface area (Å²) >= 11 is 1.56. The maximum atomic E-state index is 13.1. The van der Waals surface area contributed by atoms with Gasteiger partial charge in [0.25, 0.3) is 0 Å². The van der Waals surface area contributed by atoms with Crippen molar-refractivity contribution in [1.29, 1.82) is 0 Å². The molecule has 1 fully saturated rings. The number of likely N-dealkylation sites (N-methyl/N-ethyl adjacent to an activating group) is 1. The van der Waals surface area contributed by atoms with Gasteiger partial charge in [-0.15, -0.1) is 11.8 Å². The number of rotatable bonds is 7. The standard InChI is InChI=1S/C24H29N3O4S2/c1-16-12-18-13-21(10-11-22(18)27(16)24(29)17-6-4-7-17)33(30,31)26(2)15-23(28)25-19-8-5-9-20(14-19)32-3/h5,8-11,13-14,16-17H,4,6-7,12,15H2,1-3H3,(H,25,28). The molecule has 2 aromatic carbocycles. The van der Waals surface area contributed by atoms with Crippen LogP contribution in [0.1, 0.15) is 31.7 Å². The Morgan fingerprint density at radius 1 is 1.18 bits per heavy atom. The molecule has 1 unspecified atom stereocenters. The van der Waals surface area contributed by atoms with Gasteiger partial charge in [-0.1, -0.05) is 12.5 Å². The van der Waals surface area contributed by atoms with Crippen LogP contribution in [-0.4, -0.2) is 50.4 Å². The monoisotopic (exact) mass is 487 g/mol. The Bertz CT molecular complexity index is 1180. The minimum absolute atomic E-state index is 0.00612. The number of carbonyl (C=O) groups is 2. The second-order valence-corrected chi connectivity index (χ2v) is 11.6. The Hall–Kier alpha value is -2.36. The third-order valence-electron chi connectivity index (χ3n) is 6.39. The molecule has 2 aliphatic rings. The van der Waals surface area contributed by atoms with Crippen LogP contribution in [0.2, 0.25) is 0 Å². The number of sulfonamides is 1. The van der Waals surface area contributed by atoms with Crippen LogP contribution in [0.5, 0.6) is 0 Å². The first-order valence-electron chi connectivity index (χ1n) is 11.1. The van der Waals surface area contributed by atoms with Gasteiger partial charge in [0.1, 0.15) is 0 Å². The average molecular weight is 488 g/mol. The molecule has 0 saturated heterocycles. The fourth-order valence-corrected chi connectivity index (χ4v) is 5.96. The van der Waals surface area contributed by atoms with Gasteiger partial charge in [-0.25, -0.2) is 8.42 Å². The first-order chi connectivity index (χ1) is 15.7. The molecule has 0 bridgehead atoms. The Balaban J connectivity index is 1.47. The van der Waals surface area contributed by atoms with Crippen molar-refractivity contribution in [3.05, 3.63) is 48.0 Å². The lowest BCUT2D eigenvalue weighted by Gasteiger charge is -2.32. The van der Waals surface area contributed by atoms with Crippen LogP contribution in [0.4, 0.5) is 11.4 Å². The molecule has 1 N–H and O–H groups in total. The molecule has 1 aliphatic carbocycles. The molecule has 4 rings (SSSR count). The van der Waals surface area contributed by atoms with Gasteiger partial charge in [0.05, 0.1) is 11.4 Å². The van der Waals surface area contributed by atoms with Gasteiger partial charge in [-0.3, -0.25) is 9.59 Å². The highest BCUT2D eigenvalue weighted by atomic mass is 32.2. The Morgan fingerprint density at radius 3 is 2.61 bits per heavy atom. The second kappa shape index (κ2) is 9.48. The molecule has 1 atom stereocenters. The highest BCUT2D eigenvalue weighted by molar-refractivity contribution is 7.98. The number of hydrogen-bond acceptors (Lipinski definition) is 5. The quantitative estimate of drug-likeness (QED) is 0.601. The molecule has 1 heterocycles. The van der Waals surface area contributed by atoms with Crippen LogP contribution in [0.25, 0.3) is 0 Å². The van der Waals surface area contributed by atoms with Crippen molar-refractivity contribution in [2.24, 2.45) is 5.92 Å². The molecule has 2 amide bonds. The summed E-state index contributed by atoms with van der Waals surface area (Å²) in [5.74, 6) is -0.183. The van der Waals surface area contributed by atoms with Crippen LogP contribution in [0.3, 0.4) is 0 Å². The summed E-state index contributed by atoms with van der Waals surface area (Å²) in [6, 6.07) is 12.3. The topological polar surface area (TPSA) is 86.8 Å². The molecule has 1 aliphatic heterocycles. The van der Waals surface area contributed by atoms with Crippen LogP contribution < -0.4 is 10.2 Å². The lowest BCUT2D eigenvalue weighted by atomic mass is 9.84. The van der Waals surface area contributed by atoms with Crippen LogP contribution in [0, 0.1) is 5.92 Å². The predicted molar refractivity (Wildman–Crippen MR) is 131 cm³/mol. The van der Waals surface area contributed by atoms with Crippen molar-refractivity contribution in [1.82, 2.24) is 4.31 Å². The molecule has 1 saturated carbocycles. The van der Waals surface area contributed by atoms with Crippen molar-refractivity contribution in [2.45, 2.75) is 48.4 Å². The van der Waals surface area contributed by atoms with E-state index >= 15 is 0 Å². The van der Waals surface area contributed by atoms with Gasteiger partial charge in [-0.2, -0.15) is 4.31 Å². The zero-order valence-electron chi connectivity index (χ0n) is 19.1. The van der Waals surface area contributed by atoms with E-state index in [-0.39, 0.29) is 29.3 Å². The zero-order valence-corrected chi connectivity index (χ0v) is 20.7. The highest BCUT2D eigenvalue weighted by Crippen LogP contribution is 2.38. The maximum absolute atomic E-state index is 13.1. The molecule has 0 aromatic heterocycles. The van der Waals surface area contributed by atoms with Crippen molar-refractivity contribution >= 4 is 45.0 Å². The third-order valence-corrected chi connectivity index (χ3v) is 8.91. The van der Waals surface area contributed by atoms with E-state index in [1.807, 2.05) is 36.3 Å². The lowest BCUT2D eigenvalue weighted by molar-refractivity contribution is -0.125. The van der Waals surface area contributed by atoms with E-state index in [9.17, 15) is 18.0 Å². The molecule has 9 heteroatoms. The van der Waals surface area contributed by atoms with Gasteiger partial charge in [0.2, 0.25) is 21.8 Å². The third kappa shape index (κ3) is 4.81. The van der Waals surface area contributed by atoms with Gasteiger partial charge in [0, 0.05) is 35.3 Å². The minimum Gasteiger partial charge on any atom is -0.325 e. The minimum atomic E-state index is -3.86. The highest BCUT2D eigenvalue weighted by Gasteiger charge is 2.37. The zero-order chi connectivity index (χ0) is 23.8. The molecular formula is C24H29N3O4S2. The number of fused-ring (bicyclic) bond motifs is 1. The van der Waals surface area contributed by atoms with E-state index in [1.165, 1.54) is 13.1 Å². The molecule has 33 heavy (non-hydrogen) atoms. The van der Waals surface area contributed by atoms with Crippen molar-refractivity contribution in [2.75, 3.05) is 30.1 Å². The first kappa shape index (κ1) is 23.8. The van der Waals surface area contributed by atoms with E-state index in [0.29, 0.717) is 12.1 Å². The molecule has 7 nitrogen and oxygen atoms in total. The predicted octanol–water partition coefficient (Wildman–Crippen LogP) is 3.75. The van der Waals surface area contributed by atoms with Gasteiger partial charge >= 0.3 is 0 Å². The van der Waals surface area contributed by atoms with Crippen LogP contribution in [0.15, 0.2) is 52.3 Å². The number of hydrogen-bond donors (Lipinski definition) is 1. The fourth-order valence-electron chi connectivity index (χ4n) is 4.32. The maximum Gasteiger partial charge on any atom is 0.243 e. The SMILES string of the molecule is CSc1cccc(NC(=O)CN(C)S(=O)(=O)c2ccc3c(c2)CC(C)N3C(=O)C2CCC2)c1. The van der Waals surface area contributed by atoms with Gasteiger partial charge < -0.3 is 10.2 Å². The van der Waals surface area contributed by atoms with Crippen LogP contribution >= 0.6 is 11.8 Å². The normalized spacial score (nSPS) is 18.2. The number of nitrogens with one attached hydrogen (secondary N) is 1. The summed E-state index contributed by atoms with van der Waals surface area (Å²) in [5.41, 5.74) is 2.27. The summed E-state index contributed by atoms with van der Waals surface area (Å²) in [7, 11) is -2.46. The Labute approximate surface area is 199 Å². The molecule has 0 radical (unpaired) electrons. The van der Waals surface area contributed by atoms with E-state index in [1.54, 1.807) is 30.0 Å². The summed E-state index contributed by atoms with van der Waals surface area (Å²) in [4.78, 5) is 28.3. The van der Waals surface area contributed by atoms with E-state index in [4.69, 9.17) is 0 Å². The number of nitrogens with zero attached hydrogens (tertiary/aromatic N) is 2. The summed E-state index contributed by atoms with van der Waals surface area (Å²) in [6.45, 7) is 1.69. The van der Waals surface area contributed by atoms with Crippen molar-refractivity contribution in [3.8, 4) is 0 Å². The Kier molecular flexibility index (Phi) is 6.83. The van der Waals surface area contributed by atoms with Gasteiger partial charge in [-0.05, 0) is 74.4 Å². The molecule has 176 valence electrons. The fraction of sp³-hybridized carbons (Fsp3) is 0.417. The Morgan fingerprint density at radius 2 is 1.94 bits per heavy atom. The molecular weight excluding hydrogens is 458 g/mol. The number of carbonyl (C=O) groups excluding carboxylic acids is 2. The van der Waals surface area contributed by atoms with Crippen LogP contribution in [-0.2, 0) is 26.0 Å². The van der Waals surface area contributed by atoms with E-state index in [0.717, 1.165) is 39.7 Å². The number of thioether (sulfide) groups is 1. The van der Waals surface area contributed by atoms with Gasteiger partial charge in [0.15, 0.2) is 0 Å². The molecule has 0 spiro atoms. The van der Waals surface area contributed by atoms with Crippen molar-refractivity contribution < 1.29 is 18.0 Å².